The number of amides is 1. The molecule has 1 unspecified atom stereocenters. The first-order valence-electron chi connectivity index (χ1n) is 10.1. The monoisotopic (exact) mass is 464 g/mol. The number of carbonyl (C=O) groups excluding carboxylic acids is 2. The highest BCUT2D eigenvalue weighted by molar-refractivity contribution is 6.46. The molecule has 1 N–H and O–H groups in total. The number of aromatic nitrogens is 1. The summed E-state index contributed by atoms with van der Waals surface area (Å²) >= 11 is 6.06. The van der Waals surface area contributed by atoms with Gasteiger partial charge >= 0.3 is 0 Å². The van der Waals surface area contributed by atoms with Crippen molar-refractivity contribution in [1.82, 2.24) is 9.88 Å². The lowest BCUT2D eigenvalue weighted by Crippen LogP contribution is -2.29. The van der Waals surface area contributed by atoms with Gasteiger partial charge in [-0.2, -0.15) is 0 Å². The Balaban J connectivity index is 1.89. The highest BCUT2D eigenvalue weighted by atomic mass is 35.5. The SMILES string of the molecule is COc1ccc(/C(O)=C2/C(=O)C(=O)N(Cc3ccccn3)C2c2ccc(Cl)cc2)c(OC)c1. The van der Waals surface area contributed by atoms with Crippen molar-refractivity contribution in [2.45, 2.75) is 12.6 Å². The Morgan fingerprint density at radius 1 is 1.06 bits per heavy atom. The molecule has 1 fully saturated rings. The van der Waals surface area contributed by atoms with Crippen LogP contribution in [0.25, 0.3) is 5.76 Å². The van der Waals surface area contributed by atoms with Gasteiger partial charge in [0, 0.05) is 17.3 Å². The number of methoxy groups -OCH3 is 2. The largest absolute Gasteiger partial charge is 0.507 e. The summed E-state index contributed by atoms with van der Waals surface area (Å²) in [6.45, 7) is 0.0925. The van der Waals surface area contributed by atoms with E-state index >= 15 is 0 Å². The summed E-state index contributed by atoms with van der Waals surface area (Å²) in [4.78, 5) is 31.9. The molecular formula is C25H21ClN2O5. The lowest BCUT2D eigenvalue weighted by atomic mass is 9.95. The summed E-state index contributed by atoms with van der Waals surface area (Å²) in [5, 5.41) is 11.8. The fourth-order valence-corrected chi connectivity index (χ4v) is 3.97. The zero-order chi connectivity index (χ0) is 23.5. The topological polar surface area (TPSA) is 89.0 Å². The third kappa shape index (κ3) is 4.27. The van der Waals surface area contributed by atoms with E-state index in [-0.39, 0.29) is 23.4 Å². The molecule has 1 aliphatic rings. The molecule has 33 heavy (non-hydrogen) atoms. The summed E-state index contributed by atoms with van der Waals surface area (Å²) < 4.78 is 10.6. The van der Waals surface area contributed by atoms with Crippen LogP contribution in [-0.4, -0.2) is 40.9 Å². The van der Waals surface area contributed by atoms with Crippen LogP contribution in [-0.2, 0) is 16.1 Å². The molecule has 1 amide bonds. The third-order valence-electron chi connectivity index (χ3n) is 5.45. The van der Waals surface area contributed by atoms with Crippen molar-refractivity contribution in [3.05, 3.63) is 94.3 Å². The summed E-state index contributed by atoms with van der Waals surface area (Å²) in [6.07, 6.45) is 1.62. The molecule has 8 heteroatoms. The number of rotatable bonds is 6. The molecule has 2 heterocycles. The zero-order valence-corrected chi connectivity index (χ0v) is 18.7. The Hall–Kier alpha value is -3.84. The second-order valence-electron chi connectivity index (χ2n) is 7.37. The fourth-order valence-electron chi connectivity index (χ4n) is 3.84. The van der Waals surface area contributed by atoms with Crippen molar-refractivity contribution in [1.29, 1.82) is 0 Å². The summed E-state index contributed by atoms with van der Waals surface area (Å²) in [6, 6.07) is 16.1. The van der Waals surface area contributed by atoms with Gasteiger partial charge < -0.3 is 19.5 Å². The maximum Gasteiger partial charge on any atom is 0.296 e. The van der Waals surface area contributed by atoms with Crippen LogP contribution in [0.2, 0.25) is 5.02 Å². The number of benzene rings is 2. The Bertz CT molecular complexity index is 1230. The highest BCUT2D eigenvalue weighted by Crippen LogP contribution is 2.42. The molecule has 1 aromatic heterocycles. The van der Waals surface area contributed by atoms with E-state index < -0.39 is 17.7 Å². The Kier molecular flexibility index (Phi) is 6.33. The maximum absolute atomic E-state index is 13.2. The number of likely N-dealkylation sites (tertiary alicyclic amines) is 1. The lowest BCUT2D eigenvalue weighted by molar-refractivity contribution is -0.140. The number of Topliss-reactive ketones (excluding diaryl/α,β-unsaturated/α-hetero) is 1. The molecule has 0 spiro atoms. The second kappa shape index (κ2) is 9.34. The van der Waals surface area contributed by atoms with E-state index in [0.717, 1.165) is 0 Å². The van der Waals surface area contributed by atoms with Gasteiger partial charge in [0.05, 0.1) is 43.6 Å². The minimum Gasteiger partial charge on any atom is -0.507 e. The quantitative estimate of drug-likeness (QED) is 0.331. The minimum atomic E-state index is -0.837. The first-order valence-corrected chi connectivity index (χ1v) is 10.5. The number of aliphatic hydroxyl groups excluding tert-OH is 1. The maximum atomic E-state index is 13.2. The van der Waals surface area contributed by atoms with Gasteiger partial charge in [-0.15, -0.1) is 0 Å². The predicted octanol–water partition coefficient (Wildman–Crippen LogP) is 4.37. The molecule has 0 radical (unpaired) electrons. The number of pyridine rings is 1. The van der Waals surface area contributed by atoms with Gasteiger partial charge in [-0.3, -0.25) is 14.6 Å². The third-order valence-corrected chi connectivity index (χ3v) is 5.70. The molecule has 3 aromatic rings. The molecule has 2 aromatic carbocycles. The predicted molar refractivity (Wildman–Crippen MR) is 123 cm³/mol. The van der Waals surface area contributed by atoms with Crippen molar-refractivity contribution in [2.24, 2.45) is 0 Å². The molecule has 1 atom stereocenters. The number of aliphatic hydroxyl groups is 1. The van der Waals surface area contributed by atoms with Crippen LogP contribution < -0.4 is 9.47 Å². The Morgan fingerprint density at radius 3 is 2.45 bits per heavy atom. The van der Waals surface area contributed by atoms with Gasteiger partial charge in [-0.25, -0.2) is 0 Å². The van der Waals surface area contributed by atoms with Gasteiger partial charge in [0.25, 0.3) is 11.7 Å². The summed E-state index contributed by atoms with van der Waals surface area (Å²) in [5.41, 5.74) is 1.47. The van der Waals surface area contributed by atoms with Gasteiger partial charge in [0.15, 0.2) is 0 Å². The number of hydrogen-bond acceptors (Lipinski definition) is 6. The molecular weight excluding hydrogens is 444 g/mol. The van der Waals surface area contributed by atoms with E-state index in [1.54, 1.807) is 66.9 Å². The fraction of sp³-hybridized carbons (Fsp3) is 0.160. The van der Waals surface area contributed by atoms with Crippen LogP contribution in [0.15, 0.2) is 72.4 Å². The molecule has 1 aliphatic heterocycles. The minimum absolute atomic E-state index is 0.0401. The van der Waals surface area contributed by atoms with Crippen LogP contribution in [0.1, 0.15) is 22.9 Å². The second-order valence-corrected chi connectivity index (χ2v) is 7.80. The number of hydrogen-bond donors (Lipinski definition) is 1. The van der Waals surface area contributed by atoms with E-state index in [1.165, 1.54) is 19.1 Å². The Morgan fingerprint density at radius 2 is 1.82 bits per heavy atom. The molecule has 0 saturated carbocycles. The lowest BCUT2D eigenvalue weighted by Gasteiger charge is -2.25. The molecule has 0 bridgehead atoms. The van der Waals surface area contributed by atoms with Crippen molar-refractivity contribution >= 4 is 29.1 Å². The van der Waals surface area contributed by atoms with Crippen molar-refractivity contribution in [3.63, 3.8) is 0 Å². The van der Waals surface area contributed by atoms with Gasteiger partial charge in [0.2, 0.25) is 0 Å². The molecule has 1 saturated heterocycles. The average Bonchev–Trinajstić information content (AvgIpc) is 3.09. The zero-order valence-electron chi connectivity index (χ0n) is 18.0. The number of carbonyl (C=O) groups is 2. The summed E-state index contributed by atoms with van der Waals surface area (Å²) in [7, 11) is 2.96. The van der Waals surface area contributed by atoms with Crippen molar-refractivity contribution in [3.8, 4) is 11.5 Å². The first-order chi connectivity index (χ1) is 15.9. The van der Waals surface area contributed by atoms with Crippen LogP contribution in [0.3, 0.4) is 0 Å². The van der Waals surface area contributed by atoms with Gasteiger partial charge in [0.1, 0.15) is 17.3 Å². The molecule has 168 valence electrons. The van der Waals surface area contributed by atoms with E-state index in [0.29, 0.717) is 27.8 Å². The van der Waals surface area contributed by atoms with Crippen LogP contribution in [0.4, 0.5) is 0 Å². The normalized spacial score (nSPS) is 17.3. The number of ether oxygens (including phenoxy) is 2. The number of nitrogens with zero attached hydrogens (tertiary/aromatic N) is 2. The standard InChI is InChI=1S/C25H21ClN2O5/c1-32-18-10-11-19(20(13-18)33-2)23(29)21-22(15-6-8-16(26)9-7-15)28(25(31)24(21)30)14-17-5-3-4-12-27-17/h3-13,22,29H,14H2,1-2H3/b23-21-. The van der Waals surface area contributed by atoms with Crippen LogP contribution in [0, 0.1) is 0 Å². The highest BCUT2D eigenvalue weighted by Gasteiger charge is 2.46. The molecule has 0 aliphatic carbocycles. The van der Waals surface area contributed by atoms with Crippen molar-refractivity contribution in [2.75, 3.05) is 14.2 Å². The van der Waals surface area contributed by atoms with Gasteiger partial charge in [-0.05, 0) is 42.0 Å². The van der Waals surface area contributed by atoms with Crippen molar-refractivity contribution < 1.29 is 24.2 Å². The number of ketones is 1. The van der Waals surface area contributed by atoms with E-state index in [1.807, 2.05) is 0 Å². The summed E-state index contributed by atoms with van der Waals surface area (Å²) in [5.74, 6) is -1.03. The molecule has 4 rings (SSSR count). The van der Waals surface area contributed by atoms with E-state index in [2.05, 4.69) is 4.98 Å². The molecule has 7 nitrogen and oxygen atoms in total. The van der Waals surface area contributed by atoms with Crippen LogP contribution >= 0.6 is 11.6 Å². The first kappa shape index (κ1) is 22.4. The average molecular weight is 465 g/mol. The smallest absolute Gasteiger partial charge is 0.296 e. The Labute approximate surface area is 195 Å². The van der Waals surface area contributed by atoms with Crippen LogP contribution in [0.5, 0.6) is 11.5 Å². The van der Waals surface area contributed by atoms with E-state index in [4.69, 9.17) is 21.1 Å². The van der Waals surface area contributed by atoms with Gasteiger partial charge in [-0.1, -0.05) is 29.8 Å². The van der Waals surface area contributed by atoms with E-state index in [9.17, 15) is 14.7 Å². The number of halogens is 1.